The highest BCUT2D eigenvalue weighted by Gasteiger charge is 2.20. The molecule has 0 fully saturated rings. The van der Waals surface area contributed by atoms with E-state index in [9.17, 15) is 9.59 Å². The van der Waals surface area contributed by atoms with Gasteiger partial charge in [-0.1, -0.05) is 31.5 Å². The van der Waals surface area contributed by atoms with Crippen molar-refractivity contribution in [3.05, 3.63) is 29.8 Å². The Bertz CT molecular complexity index is 489. The summed E-state index contributed by atoms with van der Waals surface area (Å²) in [5, 5.41) is 2.76. The van der Waals surface area contributed by atoms with E-state index in [1.807, 2.05) is 45.0 Å². The Morgan fingerprint density at radius 2 is 1.77 bits per heavy atom. The highest BCUT2D eigenvalue weighted by molar-refractivity contribution is 5.95. The Morgan fingerprint density at radius 3 is 2.27 bits per heavy atom. The standard InChI is InChI=1S/C16H25N3O2.ClH/c1-11(2)9-14(17)16(21)19(4)10-15(20)18-13-7-5-12(3)6-8-13;/h5-8,11,14H,9-10,17H2,1-4H3,(H,18,20);1H/t14-;/m0./s1. The Hall–Kier alpha value is -1.59. The van der Waals surface area contributed by atoms with Crippen molar-refractivity contribution in [2.45, 2.75) is 33.2 Å². The first-order valence-corrected chi connectivity index (χ1v) is 7.16. The van der Waals surface area contributed by atoms with Crippen molar-refractivity contribution < 1.29 is 9.59 Å². The molecule has 1 aromatic carbocycles. The second kappa shape index (κ2) is 9.43. The van der Waals surface area contributed by atoms with Crippen LogP contribution in [0.4, 0.5) is 5.69 Å². The minimum atomic E-state index is -0.554. The molecular formula is C16H26ClN3O2. The highest BCUT2D eigenvalue weighted by Crippen LogP contribution is 2.09. The summed E-state index contributed by atoms with van der Waals surface area (Å²) >= 11 is 0. The summed E-state index contributed by atoms with van der Waals surface area (Å²) in [7, 11) is 1.59. The molecule has 0 spiro atoms. The molecule has 22 heavy (non-hydrogen) atoms. The second-order valence-electron chi connectivity index (χ2n) is 5.84. The molecule has 0 bridgehead atoms. The van der Waals surface area contributed by atoms with Gasteiger partial charge in [-0.05, 0) is 31.4 Å². The molecule has 0 saturated carbocycles. The van der Waals surface area contributed by atoms with E-state index < -0.39 is 6.04 Å². The van der Waals surface area contributed by atoms with E-state index in [1.165, 1.54) is 4.90 Å². The number of nitrogens with one attached hydrogen (secondary N) is 1. The normalized spacial score (nSPS) is 11.5. The van der Waals surface area contributed by atoms with Gasteiger partial charge in [0.05, 0.1) is 12.6 Å². The van der Waals surface area contributed by atoms with Crippen LogP contribution in [0, 0.1) is 12.8 Å². The third-order valence-corrected chi connectivity index (χ3v) is 3.13. The highest BCUT2D eigenvalue weighted by atomic mass is 35.5. The summed E-state index contributed by atoms with van der Waals surface area (Å²) in [6.07, 6.45) is 0.614. The van der Waals surface area contributed by atoms with Crippen LogP contribution in [0.25, 0.3) is 0 Å². The molecule has 1 aromatic rings. The Labute approximate surface area is 138 Å². The molecule has 0 aromatic heterocycles. The lowest BCUT2D eigenvalue weighted by atomic mass is 10.0. The molecule has 0 heterocycles. The summed E-state index contributed by atoms with van der Waals surface area (Å²) < 4.78 is 0. The maximum absolute atomic E-state index is 12.0. The Morgan fingerprint density at radius 1 is 1.23 bits per heavy atom. The van der Waals surface area contributed by atoms with Gasteiger partial charge in [-0.3, -0.25) is 9.59 Å². The fourth-order valence-electron chi connectivity index (χ4n) is 2.02. The molecule has 1 atom stereocenters. The smallest absolute Gasteiger partial charge is 0.243 e. The lowest BCUT2D eigenvalue weighted by Crippen LogP contribution is -2.45. The lowest BCUT2D eigenvalue weighted by molar-refractivity contribution is -0.134. The average molecular weight is 328 g/mol. The van der Waals surface area contributed by atoms with Crippen molar-refractivity contribution in [2.75, 3.05) is 18.9 Å². The third kappa shape index (κ3) is 6.91. The van der Waals surface area contributed by atoms with E-state index in [0.29, 0.717) is 12.3 Å². The van der Waals surface area contributed by atoms with Crippen LogP contribution in [0.2, 0.25) is 0 Å². The number of carbonyl (C=O) groups is 2. The van der Waals surface area contributed by atoms with E-state index >= 15 is 0 Å². The number of amides is 2. The molecule has 0 aliphatic heterocycles. The van der Waals surface area contributed by atoms with Crippen LogP contribution in [0.1, 0.15) is 25.8 Å². The molecule has 5 nitrogen and oxygen atoms in total. The molecule has 1 rings (SSSR count). The van der Waals surface area contributed by atoms with Gasteiger partial charge in [0.2, 0.25) is 11.8 Å². The van der Waals surface area contributed by atoms with Gasteiger partial charge in [-0.25, -0.2) is 0 Å². The van der Waals surface area contributed by atoms with E-state index in [1.54, 1.807) is 7.05 Å². The maximum Gasteiger partial charge on any atom is 0.243 e. The fourth-order valence-corrected chi connectivity index (χ4v) is 2.02. The van der Waals surface area contributed by atoms with E-state index in [-0.39, 0.29) is 30.8 Å². The zero-order valence-electron chi connectivity index (χ0n) is 13.6. The lowest BCUT2D eigenvalue weighted by Gasteiger charge is -2.21. The van der Waals surface area contributed by atoms with Crippen molar-refractivity contribution >= 4 is 29.9 Å². The molecule has 124 valence electrons. The summed E-state index contributed by atoms with van der Waals surface area (Å²) in [4.78, 5) is 25.3. The zero-order valence-corrected chi connectivity index (χ0v) is 14.4. The quantitative estimate of drug-likeness (QED) is 0.841. The van der Waals surface area contributed by atoms with Gasteiger partial charge in [0.15, 0.2) is 0 Å². The van der Waals surface area contributed by atoms with Gasteiger partial charge >= 0.3 is 0 Å². The zero-order chi connectivity index (χ0) is 16.0. The average Bonchev–Trinajstić information content (AvgIpc) is 2.39. The molecule has 0 saturated heterocycles. The van der Waals surface area contributed by atoms with Gasteiger partial charge in [0, 0.05) is 12.7 Å². The summed E-state index contributed by atoms with van der Waals surface area (Å²) in [5.74, 6) is -0.0899. The van der Waals surface area contributed by atoms with Crippen LogP contribution in [0.3, 0.4) is 0 Å². The van der Waals surface area contributed by atoms with Gasteiger partial charge in [-0.2, -0.15) is 0 Å². The molecule has 3 N–H and O–H groups in total. The Kier molecular flexibility index (Phi) is 8.75. The number of anilines is 1. The molecule has 0 unspecified atom stereocenters. The first-order valence-electron chi connectivity index (χ1n) is 7.16. The predicted octanol–water partition coefficient (Wildman–Crippen LogP) is 2.19. The number of aryl methyl sites for hydroxylation is 1. The van der Waals surface area contributed by atoms with Crippen molar-refractivity contribution in [1.29, 1.82) is 0 Å². The van der Waals surface area contributed by atoms with E-state index in [0.717, 1.165) is 11.3 Å². The fraction of sp³-hybridized carbons (Fsp3) is 0.500. The summed E-state index contributed by atoms with van der Waals surface area (Å²) in [6.45, 7) is 6.00. The summed E-state index contributed by atoms with van der Waals surface area (Å²) in [6, 6.07) is 6.95. The van der Waals surface area contributed by atoms with Crippen LogP contribution in [0.5, 0.6) is 0 Å². The number of hydrogen-bond donors (Lipinski definition) is 2. The van der Waals surface area contributed by atoms with Crippen LogP contribution in [-0.4, -0.2) is 36.3 Å². The van der Waals surface area contributed by atoms with Gasteiger partial charge in [0.1, 0.15) is 0 Å². The first kappa shape index (κ1) is 20.4. The number of hydrogen-bond acceptors (Lipinski definition) is 3. The first-order chi connectivity index (χ1) is 9.79. The maximum atomic E-state index is 12.0. The van der Waals surface area contributed by atoms with Gasteiger partial charge < -0.3 is 16.0 Å². The van der Waals surface area contributed by atoms with Crippen molar-refractivity contribution in [1.82, 2.24) is 4.90 Å². The van der Waals surface area contributed by atoms with Gasteiger partial charge in [-0.15, -0.1) is 12.4 Å². The number of halogens is 1. The topological polar surface area (TPSA) is 75.4 Å². The molecule has 6 heteroatoms. The monoisotopic (exact) mass is 327 g/mol. The minimum Gasteiger partial charge on any atom is -0.335 e. The molecule has 0 aliphatic rings. The second-order valence-corrected chi connectivity index (χ2v) is 5.84. The van der Waals surface area contributed by atoms with Crippen LogP contribution in [-0.2, 0) is 9.59 Å². The van der Waals surface area contributed by atoms with Crippen LogP contribution in [0.15, 0.2) is 24.3 Å². The third-order valence-electron chi connectivity index (χ3n) is 3.13. The van der Waals surface area contributed by atoms with E-state index in [2.05, 4.69) is 5.32 Å². The summed E-state index contributed by atoms with van der Waals surface area (Å²) in [5.41, 5.74) is 7.69. The SMILES string of the molecule is Cc1ccc(NC(=O)CN(C)C(=O)[C@@H](N)CC(C)C)cc1.Cl. The van der Waals surface area contributed by atoms with Gasteiger partial charge in [0.25, 0.3) is 0 Å². The van der Waals surface area contributed by atoms with Crippen molar-refractivity contribution in [3.63, 3.8) is 0 Å². The molecular weight excluding hydrogens is 302 g/mol. The molecule has 2 amide bonds. The number of nitrogens with zero attached hydrogens (tertiary/aromatic N) is 1. The number of rotatable bonds is 6. The van der Waals surface area contributed by atoms with Crippen LogP contribution >= 0.6 is 12.4 Å². The number of likely N-dealkylation sites (N-methyl/N-ethyl adjacent to an activating group) is 1. The predicted molar refractivity (Wildman–Crippen MR) is 92.1 cm³/mol. The van der Waals surface area contributed by atoms with Crippen LogP contribution < -0.4 is 11.1 Å². The number of carbonyl (C=O) groups excluding carboxylic acids is 2. The molecule has 0 radical (unpaired) electrons. The number of nitrogens with two attached hydrogens (primary N) is 1. The van der Waals surface area contributed by atoms with E-state index in [4.69, 9.17) is 5.73 Å². The minimum absolute atomic E-state index is 0. The molecule has 0 aliphatic carbocycles. The number of benzene rings is 1. The van der Waals surface area contributed by atoms with Crippen molar-refractivity contribution in [2.24, 2.45) is 11.7 Å². The Balaban J connectivity index is 0.00000441. The largest absolute Gasteiger partial charge is 0.335 e. The van der Waals surface area contributed by atoms with Crippen molar-refractivity contribution in [3.8, 4) is 0 Å².